The molecule has 4 heteroatoms. The van der Waals surface area contributed by atoms with Crippen molar-refractivity contribution in [1.29, 1.82) is 0 Å². The molecule has 1 aliphatic rings. The Morgan fingerprint density at radius 1 is 1.32 bits per heavy atom. The fourth-order valence-electron chi connectivity index (χ4n) is 3.13. The molecule has 0 aliphatic carbocycles. The van der Waals surface area contributed by atoms with E-state index in [1.807, 2.05) is 11.3 Å². The lowest BCUT2D eigenvalue weighted by atomic mass is 10.1. The normalized spacial score (nSPS) is 20.0. The first-order chi connectivity index (χ1) is 10.7. The van der Waals surface area contributed by atoms with Crippen molar-refractivity contribution in [3.8, 4) is 0 Å². The Morgan fingerprint density at radius 3 is 3.05 bits per heavy atom. The number of rotatable bonds is 6. The molecule has 2 heterocycles. The summed E-state index contributed by atoms with van der Waals surface area (Å²) in [4.78, 5) is 4.80. The molecule has 120 valence electrons. The number of benzene rings is 1. The average Bonchev–Trinajstić information content (AvgIpc) is 2.91. The van der Waals surface area contributed by atoms with Crippen LogP contribution in [0.1, 0.15) is 18.4 Å². The molecule has 3 rings (SSSR count). The van der Waals surface area contributed by atoms with Gasteiger partial charge in [0.1, 0.15) is 0 Å². The van der Waals surface area contributed by atoms with Crippen molar-refractivity contribution in [2.45, 2.75) is 25.5 Å². The molecule has 1 aromatic carbocycles. The van der Waals surface area contributed by atoms with E-state index >= 15 is 0 Å². The van der Waals surface area contributed by atoms with Gasteiger partial charge in [-0.1, -0.05) is 18.2 Å². The van der Waals surface area contributed by atoms with Crippen LogP contribution in [0.3, 0.4) is 0 Å². The van der Waals surface area contributed by atoms with Crippen molar-refractivity contribution in [3.63, 3.8) is 0 Å². The third kappa shape index (κ3) is 4.07. The van der Waals surface area contributed by atoms with Crippen LogP contribution in [0.15, 0.2) is 29.6 Å². The molecular weight excluding hydrogens is 292 g/mol. The molecule has 1 fully saturated rings. The van der Waals surface area contributed by atoms with Gasteiger partial charge in [0.25, 0.3) is 0 Å². The van der Waals surface area contributed by atoms with E-state index in [0.717, 1.165) is 32.8 Å². The van der Waals surface area contributed by atoms with Gasteiger partial charge in [-0.3, -0.25) is 4.90 Å². The summed E-state index contributed by atoms with van der Waals surface area (Å²) < 4.78 is 7.34. The lowest BCUT2D eigenvalue weighted by Crippen LogP contribution is -2.42. The third-order valence-corrected chi connectivity index (χ3v) is 5.32. The van der Waals surface area contributed by atoms with Crippen LogP contribution in [0.2, 0.25) is 0 Å². The fourth-order valence-corrected chi connectivity index (χ4v) is 4.08. The summed E-state index contributed by atoms with van der Waals surface area (Å²) in [5, 5.41) is 3.74. The Morgan fingerprint density at radius 2 is 2.18 bits per heavy atom. The van der Waals surface area contributed by atoms with Crippen molar-refractivity contribution < 1.29 is 4.74 Å². The van der Waals surface area contributed by atoms with Crippen LogP contribution < -0.4 is 0 Å². The quantitative estimate of drug-likeness (QED) is 0.811. The Balaban J connectivity index is 1.56. The van der Waals surface area contributed by atoms with Crippen LogP contribution in [-0.4, -0.2) is 56.2 Å². The highest BCUT2D eigenvalue weighted by atomic mass is 32.1. The molecule has 0 saturated carbocycles. The Hall–Kier alpha value is -0.940. The molecule has 0 radical (unpaired) electrons. The standard InChI is InChI=1S/C18H26N2OS/c1-19(2)9-5-6-16-13-20(10-11-21-16)12-15-14-22-18-8-4-3-7-17(15)18/h3-4,7-8,14,16H,5-6,9-13H2,1-2H3. The number of fused-ring (bicyclic) bond motifs is 1. The van der Waals surface area contributed by atoms with E-state index in [4.69, 9.17) is 4.74 Å². The van der Waals surface area contributed by atoms with E-state index in [2.05, 4.69) is 53.5 Å². The Kier molecular flexibility index (Phi) is 5.47. The molecule has 3 nitrogen and oxygen atoms in total. The Labute approximate surface area is 137 Å². The van der Waals surface area contributed by atoms with Gasteiger partial charge in [-0.15, -0.1) is 11.3 Å². The number of hydrogen-bond donors (Lipinski definition) is 0. The highest BCUT2D eigenvalue weighted by molar-refractivity contribution is 7.17. The molecule has 2 aromatic rings. The summed E-state index contributed by atoms with van der Waals surface area (Å²) in [5.74, 6) is 0. The molecular formula is C18H26N2OS. The lowest BCUT2D eigenvalue weighted by Gasteiger charge is -2.33. The molecule has 1 atom stereocenters. The summed E-state index contributed by atoms with van der Waals surface area (Å²) in [6.07, 6.45) is 2.78. The van der Waals surface area contributed by atoms with E-state index in [1.54, 1.807) is 0 Å². The molecule has 22 heavy (non-hydrogen) atoms. The van der Waals surface area contributed by atoms with Crippen LogP contribution >= 0.6 is 11.3 Å². The molecule has 1 saturated heterocycles. The van der Waals surface area contributed by atoms with E-state index in [-0.39, 0.29) is 0 Å². The van der Waals surface area contributed by atoms with Gasteiger partial charge in [0.05, 0.1) is 12.7 Å². The number of morpholine rings is 1. The topological polar surface area (TPSA) is 15.7 Å². The van der Waals surface area contributed by atoms with Crippen LogP contribution in [-0.2, 0) is 11.3 Å². The number of nitrogens with zero attached hydrogens (tertiary/aromatic N) is 2. The second-order valence-corrected chi connectivity index (χ2v) is 7.34. The first-order valence-corrected chi connectivity index (χ1v) is 9.04. The van der Waals surface area contributed by atoms with Crippen molar-refractivity contribution >= 4 is 21.4 Å². The zero-order valence-corrected chi connectivity index (χ0v) is 14.4. The predicted molar refractivity (Wildman–Crippen MR) is 94.6 cm³/mol. The summed E-state index contributed by atoms with van der Waals surface area (Å²) in [7, 11) is 4.27. The lowest BCUT2D eigenvalue weighted by molar-refractivity contribution is -0.0359. The molecule has 0 bridgehead atoms. The molecule has 1 unspecified atom stereocenters. The maximum atomic E-state index is 5.94. The van der Waals surface area contributed by atoms with Crippen molar-refractivity contribution in [3.05, 3.63) is 35.2 Å². The smallest absolute Gasteiger partial charge is 0.0703 e. The number of ether oxygens (including phenoxy) is 1. The highest BCUT2D eigenvalue weighted by Gasteiger charge is 2.21. The van der Waals surface area contributed by atoms with Crippen LogP contribution in [0.5, 0.6) is 0 Å². The van der Waals surface area contributed by atoms with Gasteiger partial charge < -0.3 is 9.64 Å². The SMILES string of the molecule is CN(C)CCCC1CN(Cc2csc3ccccc23)CCO1. The molecule has 0 N–H and O–H groups in total. The van der Waals surface area contributed by atoms with Gasteiger partial charge >= 0.3 is 0 Å². The van der Waals surface area contributed by atoms with Crippen molar-refractivity contribution in [1.82, 2.24) is 9.80 Å². The van der Waals surface area contributed by atoms with Crippen molar-refractivity contribution in [2.75, 3.05) is 40.3 Å². The zero-order chi connectivity index (χ0) is 15.4. The van der Waals surface area contributed by atoms with Crippen LogP contribution in [0, 0.1) is 0 Å². The molecule has 0 spiro atoms. The summed E-state index contributed by atoms with van der Waals surface area (Å²) >= 11 is 1.86. The summed E-state index contributed by atoms with van der Waals surface area (Å²) in [6.45, 7) is 5.19. The van der Waals surface area contributed by atoms with Crippen molar-refractivity contribution in [2.24, 2.45) is 0 Å². The van der Waals surface area contributed by atoms with Gasteiger partial charge in [0.15, 0.2) is 0 Å². The Bertz CT molecular complexity index is 596. The number of hydrogen-bond acceptors (Lipinski definition) is 4. The largest absolute Gasteiger partial charge is 0.376 e. The van der Waals surface area contributed by atoms with Gasteiger partial charge in [-0.2, -0.15) is 0 Å². The minimum atomic E-state index is 0.401. The maximum absolute atomic E-state index is 5.94. The molecule has 0 amide bonds. The van der Waals surface area contributed by atoms with E-state index in [9.17, 15) is 0 Å². The summed E-state index contributed by atoms with van der Waals surface area (Å²) in [6, 6.07) is 8.73. The zero-order valence-electron chi connectivity index (χ0n) is 13.6. The fraction of sp³-hybridized carbons (Fsp3) is 0.556. The second kappa shape index (κ2) is 7.55. The van der Waals surface area contributed by atoms with Crippen LogP contribution in [0.4, 0.5) is 0 Å². The van der Waals surface area contributed by atoms with Gasteiger partial charge in [-0.05, 0) is 55.9 Å². The third-order valence-electron chi connectivity index (χ3n) is 4.31. The maximum Gasteiger partial charge on any atom is 0.0703 e. The van der Waals surface area contributed by atoms with Crippen LogP contribution in [0.25, 0.3) is 10.1 Å². The van der Waals surface area contributed by atoms with Gasteiger partial charge in [0.2, 0.25) is 0 Å². The van der Waals surface area contributed by atoms with Gasteiger partial charge in [-0.25, -0.2) is 0 Å². The highest BCUT2D eigenvalue weighted by Crippen LogP contribution is 2.27. The minimum Gasteiger partial charge on any atom is -0.376 e. The molecule has 1 aliphatic heterocycles. The monoisotopic (exact) mass is 318 g/mol. The van der Waals surface area contributed by atoms with E-state index < -0.39 is 0 Å². The second-order valence-electron chi connectivity index (χ2n) is 6.43. The number of thiophene rings is 1. The average molecular weight is 318 g/mol. The summed E-state index contributed by atoms with van der Waals surface area (Å²) in [5.41, 5.74) is 1.47. The van der Waals surface area contributed by atoms with Gasteiger partial charge in [0, 0.05) is 24.3 Å². The van der Waals surface area contributed by atoms with E-state index in [0.29, 0.717) is 6.10 Å². The predicted octanol–water partition coefficient (Wildman–Crippen LogP) is 3.44. The first kappa shape index (κ1) is 15.9. The molecule has 1 aromatic heterocycles. The first-order valence-electron chi connectivity index (χ1n) is 8.16. The minimum absolute atomic E-state index is 0.401. The van der Waals surface area contributed by atoms with E-state index in [1.165, 1.54) is 28.5 Å².